The van der Waals surface area contributed by atoms with E-state index in [0.29, 0.717) is 11.3 Å². The molecule has 0 unspecified atom stereocenters. The van der Waals surface area contributed by atoms with Crippen LogP contribution < -0.4 is 10.6 Å². The molecule has 114 valence electrons. The maximum Gasteiger partial charge on any atom is 0.257 e. The number of phenols is 1. The molecule has 0 aliphatic heterocycles. The summed E-state index contributed by atoms with van der Waals surface area (Å²) in [5, 5.41) is 15.6. The number of carbonyl (C=O) groups excluding carboxylic acids is 1. The van der Waals surface area contributed by atoms with E-state index in [1.54, 1.807) is 31.2 Å². The van der Waals surface area contributed by atoms with Crippen LogP contribution in [0, 0.1) is 13.8 Å². The van der Waals surface area contributed by atoms with E-state index in [1.807, 2.05) is 19.1 Å². The maximum atomic E-state index is 12.1. The number of carbonyl (C=O) groups is 1. The Morgan fingerprint density at radius 3 is 2.64 bits per heavy atom. The van der Waals surface area contributed by atoms with Gasteiger partial charge in [0.25, 0.3) is 5.91 Å². The molecular formula is C16H15BrN2O2S. The Hall–Kier alpha value is -1.92. The van der Waals surface area contributed by atoms with Gasteiger partial charge in [0.05, 0.1) is 5.69 Å². The Bertz CT molecular complexity index is 747. The molecule has 2 aromatic carbocycles. The van der Waals surface area contributed by atoms with Crippen molar-refractivity contribution >= 4 is 44.9 Å². The Kier molecular flexibility index (Phi) is 5.15. The molecule has 4 nitrogen and oxygen atoms in total. The number of anilines is 1. The lowest BCUT2D eigenvalue weighted by Crippen LogP contribution is -2.34. The molecule has 1 amide bonds. The molecule has 0 spiro atoms. The molecule has 0 radical (unpaired) electrons. The smallest absolute Gasteiger partial charge is 0.257 e. The predicted octanol–water partition coefficient (Wildman–Crippen LogP) is 3.90. The van der Waals surface area contributed by atoms with Crippen molar-refractivity contribution in [2.75, 3.05) is 5.32 Å². The zero-order valence-electron chi connectivity index (χ0n) is 12.1. The molecule has 0 atom stereocenters. The van der Waals surface area contributed by atoms with E-state index in [-0.39, 0.29) is 16.8 Å². The van der Waals surface area contributed by atoms with E-state index in [2.05, 4.69) is 26.6 Å². The highest BCUT2D eigenvalue weighted by atomic mass is 79.9. The lowest BCUT2D eigenvalue weighted by Gasteiger charge is -2.13. The Labute approximate surface area is 142 Å². The van der Waals surface area contributed by atoms with Crippen molar-refractivity contribution in [2.45, 2.75) is 13.8 Å². The van der Waals surface area contributed by atoms with Crippen LogP contribution in [0.5, 0.6) is 5.75 Å². The Morgan fingerprint density at radius 2 is 1.95 bits per heavy atom. The molecule has 0 fully saturated rings. The van der Waals surface area contributed by atoms with E-state index >= 15 is 0 Å². The molecular weight excluding hydrogens is 364 g/mol. The molecule has 0 aliphatic carbocycles. The fourth-order valence-corrected chi connectivity index (χ4v) is 2.62. The maximum absolute atomic E-state index is 12.1. The Morgan fingerprint density at radius 1 is 1.23 bits per heavy atom. The number of nitrogens with one attached hydrogen (secondary N) is 2. The van der Waals surface area contributed by atoms with Crippen LogP contribution in [0.2, 0.25) is 0 Å². The number of amides is 1. The number of hydrogen-bond donors (Lipinski definition) is 3. The fourth-order valence-electron chi connectivity index (χ4n) is 2.01. The first-order valence-corrected chi connectivity index (χ1v) is 7.75. The highest BCUT2D eigenvalue weighted by Crippen LogP contribution is 2.28. The van der Waals surface area contributed by atoms with E-state index in [9.17, 15) is 9.90 Å². The average Bonchev–Trinajstić information content (AvgIpc) is 2.44. The van der Waals surface area contributed by atoms with Gasteiger partial charge in [-0.05, 0) is 61.5 Å². The quantitative estimate of drug-likeness (QED) is 0.547. The summed E-state index contributed by atoms with van der Waals surface area (Å²) < 4.78 is 0.811. The van der Waals surface area contributed by atoms with Gasteiger partial charge in [0, 0.05) is 10.0 Å². The van der Waals surface area contributed by atoms with Crippen molar-refractivity contribution in [3.8, 4) is 5.75 Å². The zero-order chi connectivity index (χ0) is 16.3. The van der Waals surface area contributed by atoms with Gasteiger partial charge >= 0.3 is 0 Å². The lowest BCUT2D eigenvalue weighted by atomic mass is 10.1. The predicted molar refractivity (Wildman–Crippen MR) is 95.4 cm³/mol. The fraction of sp³-hybridized carbons (Fsp3) is 0.125. The van der Waals surface area contributed by atoms with E-state index in [0.717, 1.165) is 15.6 Å². The Balaban J connectivity index is 2.09. The standard InChI is InChI=1S/C16H15BrN2O2S/c1-9-6-10(2)14(20)13(7-9)18-16(22)19-15(21)11-4-3-5-12(17)8-11/h3-8,20H,1-2H3,(H2,18,19,21,22). The van der Waals surface area contributed by atoms with Crippen molar-refractivity contribution in [3.05, 3.63) is 57.6 Å². The largest absolute Gasteiger partial charge is 0.505 e. The van der Waals surface area contributed by atoms with Gasteiger partial charge in [0.15, 0.2) is 5.11 Å². The second-order valence-corrected chi connectivity index (χ2v) is 6.22. The van der Waals surface area contributed by atoms with Gasteiger partial charge in [0.1, 0.15) is 5.75 Å². The first-order chi connectivity index (χ1) is 10.4. The average molecular weight is 379 g/mol. The normalized spacial score (nSPS) is 10.1. The zero-order valence-corrected chi connectivity index (χ0v) is 14.5. The number of aryl methyl sites for hydroxylation is 2. The van der Waals surface area contributed by atoms with E-state index in [4.69, 9.17) is 12.2 Å². The van der Waals surface area contributed by atoms with Crippen molar-refractivity contribution < 1.29 is 9.90 Å². The van der Waals surface area contributed by atoms with Gasteiger partial charge in [-0.1, -0.05) is 28.1 Å². The van der Waals surface area contributed by atoms with Gasteiger partial charge in [0.2, 0.25) is 0 Å². The van der Waals surface area contributed by atoms with Crippen molar-refractivity contribution in [3.63, 3.8) is 0 Å². The minimum Gasteiger partial charge on any atom is -0.505 e. The molecule has 0 saturated heterocycles. The summed E-state index contributed by atoms with van der Waals surface area (Å²) in [4.78, 5) is 12.1. The van der Waals surface area contributed by atoms with Crippen LogP contribution >= 0.6 is 28.1 Å². The van der Waals surface area contributed by atoms with Gasteiger partial charge in [-0.3, -0.25) is 10.1 Å². The first-order valence-electron chi connectivity index (χ1n) is 6.55. The summed E-state index contributed by atoms with van der Waals surface area (Å²) in [6.45, 7) is 3.72. The molecule has 6 heteroatoms. The van der Waals surface area contributed by atoms with Gasteiger partial charge in [-0.25, -0.2) is 0 Å². The molecule has 0 bridgehead atoms. The summed E-state index contributed by atoms with van der Waals surface area (Å²) in [5.41, 5.74) is 2.68. The van der Waals surface area contributed by atoms with Crippen LogP contribution in [0.15, 0.2) is 40.9 Å². The number of hydrogen-bond acceptors (Lipinski definition) is 3. The minimum absolute atomic E-state index is 0.115. The van der Waals surface area contributed by atoms with Crippen molar-refractivity contribution in [2.24, 2.45) is 0 Å². The number of halogens is 1. The number of rotatable bonds is 2. The molecule has 0 heterocycles. The minimum atomic E-state index is -0.317. The number of phenolic OH excluding ortho intramolecular Hbond substituents is 1. The first kappa shape index (κ1) is 16.5. The van der Waals surface area contributed by atoms with E-state index in [1.165, 1.54) is 0 Å². The van der Waals surface area contributed by atoms with Crippen LogP contribution in [-0.2, 0) is 0 Å². The number of aromatic hydroxyl groups is 1. The molecule has 3 N–H and O–H groups in total. The molecule has 0 aromatic heterocycles. The van der Waals surface area contributed by atoms with Crippen molar-refractivity contribution in [1.82, 2.24) is 5.32 Å². The number of benzene rings is 2. The SMILES string of the molecule is Cc1cc(C)c(O)c(NC(=S)NC(=O)c2cccc(Br)c2)c1. The number of thiocarbonyl (C=S) groups is 1. The van der Waals surface area contributed by atoms with Gasteiger partial charge in [-0.2, -0.15) is 0 Å². The monoisotopic (exact) mass is 378 g/mol. The second kappa shape index (κ2) is 6.89. The molecule has 2 aromatic rings. The topological polar surface area (TPSA) is 61.4 Å². The van der Waals surface area contributed by atoms with Gasteiger partial charge < -0.3 is 10.4 Å². The van der Waals surface area contributed by atoms with Crippen LogP contribution in [-0.4, -0.2) is 16.1 Å². The molecule has 22 heavy (non-hydrogen) atoms. The van der Waals surface area contributed by atoms with E-state index < -0.39 is 0 Å². The van der Waals surface area contributed by atoms with Crippen LogP contribution in [0.3, 0.4) is 0 Å². The van der Waals surface area contributed by atoms with Crippen molar-refractivity contribution in [1.29, 1.82) is 0 Å². The third kappa shape index (κ3) is 4.05. The highest BCUT2D eigenvalue weighted by Gasteiger charge is 2.11. The summed E-state index contributed by atoms with van der Waals surface area (Å²) >= 11 is 8.44. The summed E-state index contributed by atoms with van der Waals surface area (Å²) in [6, 6.07) is 10.6. The second-order valence-electron chi connectivity index (χ2n) is 4.90. The van der Waals surface area contributed by atoms with Crippen LogP contribution in [0.4, 0.5) is 5.69 Å². The third-order valence-corrected chi connectivity index (χ3v) is 3.70. The summed E-state index contributed by atoms with van der Waals surface area (Å²) in [5.74, 6) is -0.202. The third-order valence-electron chi connectivity index (χ3n) is 3.01. The summed E-state index contributed by atoms with van der Waals surface area (Å²) in [7, 11) is 0. The van der Waals surface area contributed by atoms with Crippen LogP contribution in [0.25, 0.3) is 0 Å². The lowest BCUT2D eigenvalue weighted by molar-refractivity contribution is 0.0977. The van der Waals surface area contributed by atoms with Crippen LogP contribution in [0.1, 0.15) is 21.5 Å². The molecule has 0 aliphatic rings. The van der Waals surface area contributed by atoms with Gasteiger partial charge in [-0.15, -0.1) is 0 Å². The summed E-state index contributed by atoms with van der Waals surface area (Å²) in [6.07, 6.45) is 0. The highest BCUT2D eigenvalue weighted by molar-refractivity contribution is 9.10. The molecule has 0 saturated carbocycles. The molecule has 2 rings (SSSR count).